The first-order valence-corrected chi connectivity index (χ1v) is 15.0. The van der Waals surface area contributed by atoms with Crippen LogP contribution in [0.15, 0.2) is 0 Å². The van der Waals surface area contributed by atoms with E-state index in [0.717, 1.165) is 0 Å². The maximum Gasteiger partial charge on any atom is 0.191 e. The molecule has 146 valence electrons. The molecule has 0 aliphatic heterocycles. The average Bonchev–Trinajstić information content (AvgIpc) is 2.35. The third kappa shape index (κ3) is 7.66. The summed E-state index contributed by atoms with van der Waals surface area (Å²) in [6, 6.07) is 0. The van der Waals surface area contributed by atoms with Crippen LogP contribution in [-0.4, -0.2) is 52.3 Å². The monoisotopic (exact) mass is 378 g/mol. The fourth-order valence-corrected chi connectivity index (χ4v) is 3.81. The van der Waals surface area contributed by atoms with E-state index in [1.165, 1.54) is 0 Å². The van der Waals surface area contributed by atoms with Crippen molar-refractivity contribution in [3.63, 3.8) is 0 Å². The van der Waals surface area contributed by atoms with Gasteiger partial charge in [-0.1, -0.05) is 41.5 Å². The normalized spacial score (nSPS) is 17.0. The van der Waals surface area contributed by atoms with Gasteiger partial charge in [-0.2, -0.15) is 0 Å². The van der Waals surface area contributed by atoms with Gasteiger partial charge >= 0.3 is 0 Å². The minimum absolute atomic E-state index is 0.160. The summed E-state index contributed by atoms with van der Waals surface area (Å²) in [6.07, 6.45) is -0.572. The van der Waals surface area contributed by atoms with Gasteiger partial charge in [-0.25, -0.2) is 0 Å². The topological polar surface area (TPSA) is 58.9 Å². The highest BCUT2D eigenvalue weighted by atomic mass is 28.4. The first-order valence-electron chi connectivity index (χ1n) is 9.15. The largest absolute Gasteiger partial charge is 0.417 e. The Labute approximate surface area is 152 Å². The smallest absolute Gasteiger partial charge is 0.191 e. The molecule has 6 heteroatoms. The Morgan fingerprint density at radius 1 is 0.667 bits per heavy atom. The number of aliphatic hydroxyl groups excluding tert-OH is 2. The molecule has 0 aromatic carbocycles. The van der Waals surface area contributed by atoms with Gasteiger partial charge in [-0.05, 0) is 49.1 Å². The SMILES string of the molecule is CC(C)(C)[Si](C)(C)OCC[C@H](O)[C@@H](O)CCO[Si](C)(C)C(C)(C)C. The van der Waals surface area contributed by atoms with Gasteiger partial charge in [0.2, 0.25) is 0 Å². The number of hydrogen-bond donors (Lipinski definition) is 2. The molecule has 0 saturated carbocycles. The number of aliphatic hydroxyl groups is 2. The van der Waals surface area contributed by atoms with E-state index in [1.807, 2.05) is 0 Å². The summed E-state index contributed by atoms with van der Waals surface area (Å²) in [4.78, 5) is 0. The van der Waals surface area contributed by atoms with Crippen LogP contribution >= 0.6 is 0 Å². The van der Waals surface area contributed by atoms with Gasteiger partial charge in [-0.3, -0.25) is 0 Å². The van der Waals surface area contributed by atoms with Crippen molar-refractivity contribution in [2.45, 2.75) is 103 Å². The van der Waals surface area contributed by atoms with Crippen LogP contribution in [0.2, 0.25) is 36.3 Å². The quantitative estimate of drug-likeness (QED) is 0.579. The van der Waals surface area contributed by atoms with Crippen LogP contribution < -0.4 is 0 Å². The van der Waals surface area contributed by atoms with Crippen LogP contribution in [0, 0.1) is 0 Å². The molecule has 0 bridgehead atoms. The van der Waals surface area contributed by atoms with Crippen LogP contribution in [0.25, 0.3) is 0 Å². The maximum atomic E-state index is 10.1. The lowest BCUT2D eigenvalue weighted by Crippen LogP contribution is -2.42. The zero-order chi connectivity index (χ0) is 19.4. The standard InChI is InChI=1S/C18H42O4Si2/c1-17(2,3)23(7,8)21-13-11-15(19)16(20)12-14-22-24(9,10)18(4,5)6/h15-16,19-20H,11-14H2,1-10H3/t15-,16-/m0/s1. The summed E-state index contributed by atoms with van der Waals surface area (Å²) in [5, 5.41) is 20.6. The molecule has 0 fully saturated rings. The molecule has 0 radical (unpaired) electrons. The highest BCUT2D eigenvalue weighted by molar-refractivity contribution is 6.74. The Morgan fingerprint density at radius 3 is 1.12 bits per heavy atom. The van der Waals surface area contributed by atoms with E-state index < -0.39 is 28.8 Å². The zero-order valence-corrected chi connectivity index (χ0v) is 19.7. The van der Waals surface area contributed by atoms with E-state index in [0.29, 0.717) is 26.1 Å². The summed E-state index contributed by atoms with van der Waals surface area (Å²) < 4.78 is 12.1. The van der Waals surface area contributed by atoms with Gasteiger partial charge in [0.05, 0.1) is 12.2 Å². The van der Waals surface area contributed by atoms with E-state index in [-0.39, 0.29) is 10.1 Å². The molecule has 0 amide bonds. The molecular weight excluding hydrogens is 336 g/mol. The summed E-state index contributed by atoms with van der Waals surface area (Å²) >= 11 is 0. The van der Waals surface area contributed by atoms with Gasteiger partial charge in [0.25, 0.3) is 0 Å². The molecule has 0 aliphatic carbocycles. The third-order valence-corrected chi connectivity index (χ3v) is 14.9. The third-order valence-electron chi connectivity index (χ3n) is 5.81. The molecule has 4 nitrogen and oxygen atoms in total. The lowest BCUT2D eigenvalue weighted by molar-refractivity contribution is -0.00499. The molecule has 24 heavy (non-hydrogen) atoms. The molecule has 0 unspecified atom stereocenters. The number of rotatable bonds is 9. The van der Waals surface area contributed by atoms with Gasteiger partial charge < -0.3 is 19.1 Å². The van der Waals surface area contributed by atoms with Gasteiger partial charge in [0.1, 0.15) is 0 Å². The molecule has 0 rings (SSSR count). The summed E-state index contributed by atoms with van der Waals surface area (Å²) in [7, 11) is -3.58. The van der Waals surface area contributed by atoms with E-state index in [2.05, 4.69) is 67.7 Å². The van der Waals surface area contributed by atoms with Crippen LogP contribution in [0.5, 0.6) is 0 Å². The second-order valence-electron chi connectivity index (χ2n) is 9.93. The van der Waals surface area contributed by atoms with Crippen LogP contribution in [0.4, 0.5) is 0 Å². The second kappa shape index (κ2) is 8.78. The van der Waals surface area contributed by atoms with Crippen molar-refractivity contribution in [3.05, 3.63) is 0 Å². The highest BCUT2D eigenvalue weighted by Crippen LogP contribution is 2.37. The molecule has 0 spiro atoms. The van der Waals surface area contributed by atoms with Crippen LogP contribution in [0.3, 0.4) is 0 Å². The Kier molecular flexibility index (Phi) is 8.88. The predicted molar refractivity (Wildman–Crippen MR) is 108 cm³/mol. The predicted octanol–water partition coefficient (Wildman–Crippen LogP) is 4.53. The molecule has 0 saturated heterocycles. The maximum absolute atomic E-state index is 10.1. The van der Waals surface area contributed by atoms with Crippen molar-refractivity contribution < 1.29 is 19.1 Å². The Balaban J connectivity index is 4.20. The van der Waals surface area contributed by atoms with Crippen molar-refractivity contribution >= 4 is 16.6 Å². The minimum atomic E-state index is -1.79. The van der Waals surface area contributed by atoms with Crippen molar-refractivity contribution in [1.82, 2.24) is 0 Å². The Hall–Kier alpha value is 0.274. The summed E-state index contributed by atoms with van der Waals surface area (Å²) in [6.45, 7) is 23.0. The Morgan fingerprint density at radius 2 is 0.917 bits per heavy atom. The Bertz CT molecular complexity index is 334. The summed E-state index contributed by atoms with van der Waals surface area (Å²) in [5.74, 6) is 0. The first-order chi connectivity index (χ1) is 10.5. The average molecular weight is 379 g/mol. The fourth-order valence-electron chi connectivity index (χ4n) is 1.69. The van der Waals surface area contributed by atoms with Crippen molar-refractivity contribution in [2.24, 2.45) is 0 Å². The number of hydrogen-bond acceptors (Lipinski definition) is 4. The molecule has 0 aromatic rings. The fraction of sp³-hybridized carbons (Fsp3) is 1.00. The first kappa shape index (κ1) is 24.3. The molecule has 2 atom stereocenters. The van der Waals surface area contributed by atoms with Crippen LogP contribution in [-0.2, 0) is 8.85 Å². The van der Waals surface area contributed by atoms with E-state index in [1.54, 1.807) is 0 Å². The van der Waals surface area contributed by atoms with E-state index >= 15 is 0 Å². The highest BCUT2D eigenvalue weighted by Gasteiger charge is 2.38. The van der Waals surface area contributed by atoms with Crippen molar-refractivity contribution in [3.8, 4) is 0 Å². The second-order valence-corrected chi connectivity index (χ2v) is 19.5. The van der Waals surface area contributed by atoms with Gasteiger partial charge in [0, 0.05) is 13.2 Å². The summed E-state index contributed by atoms with van der Waals surface area (Å²) in [5.41, 5.74) is 0. The van der Waals surface area contributed by atoms with Crippen LogP contribution in [0.1, 0.15) is 54.4 Å². The minimum Gasteiger partial charge on any atom is -0.417 e. The van der Waals surface area contributed by atoms with Crippen molar-refractivity contribution in [1.29, 1.82) is 0 Å². The van der Waals surface area contributed by atoms with E-state index in [4.69, 9.17) is 8.85 Å². The van der Waals surface area contributed by atoms with E-state index in [9.17, 15) is 10.2 Å². The lowest BCUT2D eigenvalue weighted by atomic mass is 10.1. The van der Waals surface area contributed by atoms with Gasteiger partial charge in [0.15, 0.2) is 16.6 Å². The lowest BCUT2D eigenvalue weighted by Gasteiger charge is -2.37. The molecule has 0 heterocycles. The molecule has 0 aliphatic rings. The molecular formula is C18H42O4Si2. The zero-order valence-electron chi connectivity index (χ0n) is 17.7. The molecule has 0 aromatic heterocycles. The van der Waals surface area contributed by atoms with Gasteiger partial charge in [-0.15, -0.1) is 0 Å². The molecule has 2 N–H and O–H groups in total. The van der Waals surface area contributed by atoms with Crippen molar-refractivity contribution in [2.75, 3.05) is 13.2 Å².